The van der Waals surface area contributed by atoms with Gasteiger partial charge in [0.2, 0.25) is 5.91 Å². The van der Waals surface area contributed by atoms with Gasteiger partial charge in [-0.2, -0.15) is 0 Å². The molecule has 0 spiro atoms. The van der Waals surface area contributed by atoms with Gasteiger partial charge in [-0.05, 0) is 25.3 Å². The van der Waals surface area contributed by atoms with Crippen molar-refractivity contribution in [2.45, 2.75) is 11.8 Å². The summed E-state index contributed by atoms with van der Waals surface area (Å²) in [5, 5.41) is 6.46. The summed E-state index contributed by atoms with van der Waals surface area (Å²) in [5.74, 6) is -0.0715. The number of rotatable bonds is 5. The summed E-state index contributed by atoms with van der Waals surface area (Å²) in [4.78, 5) is 26.4. The van der Waals surface area contributed by atoms with Gasteiger partial charge in [0.15, 0.2) is 5.69 Å². The highest BCUT2D eigenvalue weighted by Gasteiger charge is 2.18. The molecule has 0 bridgehead atoms. The predicted molar refractivity (Wildman–Crippen MR) is 85.1 cm³/mol. The van der Waals surface area contributed by atoms with Gasteiger partial charge >= 0.3 is 0 Å². The number of hydrogen-bond donors (Lipinski definition) is 1. The third-order valence-corrected chi connectivity index (χ3v) is 3.75. The number of aryl methyl sites for hydroxylation is 1. The lowest BCUT2D eigenvalue weighted by atomic mass is 10.3. The van der Waals surface area contributed by atoms with Crippen LogP contribution >= 0.6 is 11.8 Å². The van der Waals surface area contributed by atoms with E-state index in [0.29, 0.717) is 5.76 Å². The fourth-order valence-corrected chi connectivity index (χ4v) is 2.44. The number of amides is 2. The Kier molecular flexibility index (Phi) is 5.21. The average molecular weight is 319 g/mol. The highest BCUT2D eigenvalue weighted by Crippen LogP contribution is 2.24. The van der Waals surface area contributed by atoms with E-state index in [0.717, 1.165) is 10.6 Å². The fraction of sp³-hybridized carbons (Fsp3) is 0.267. The van der Waals surface area contributed by atoms with Crippen LogP contribution in [0.4, 0.5) is 5.69 Å². The molecule has 0 aliphatic carbocycles. The molecule has 7 heteroatoms. The second kappa shape index (κ2) is 7.13. The van der Waals surface area contributed by atoms with E-state index in [1.54, 1.807) is 31.8 Å². The molecule has 0 aliphatic rings. The molecule has 0 aliphatic heterocycles. The second-order valence-electron chi connectivity index (χ2n) is 4.73. The van der Waals surface area contributed by atoms with Gasteiger partial charge < -0.3 is 14.7 Å². The first-order chi connectivity index (χ1) is 10.5. The summed E-state index contributed by atoms with van der Waals surface area (Å²) < 4.78 is 4.87. The Hall–Kier alpha value is -2.28. The van der Waals surface area contributed by atoms with Crippen LogP contribution in [0.25, 0.3) is 0 Å². The lowest BCUT2D eigenvalue weighted by Crippen LogP contribution is -2.35. The first-order valence-corrected chi connectivity index (χ1v) is 7.85. The highest BCUT2D eigenvalue weighted by molar-refractivity contribution is 7.98. The Morgan fingerprint density at radius 1 is 1.36 bits per heavy atom. The summed E-state index contributed by atoms with van der Waals surface area (Å²) >= 11 is 1.54. The van der Waals surface area contributed by atoms with Crippen LogP contribution in [0.3, 0.4) is 0 Å². The molecule has 6 nitrogen and oxygen atoms in total. The molecule has 0 saturated carbocycles. The van der Waals surface area contributed by atoms with E-state index >= 15 is 0 Å². The number of nitrogens with zero attached hydrogens (tertiary/aromatic N) is 2. The van der Waals surface area contributed by atoms with Gasteiger partial charge in [0.1, 0.15) is 5.76 Å². The van der Waals surface area contributed by atoms with Gasteiger partial charge in [-0.25, -0.2) is 0 Å². The number of aromatic nitrogens is 1. The molecule has 2 aromatic rings. The van der Waals surface area contributed by atoms with Crippen molar-refractivity contribution in [3.63, 3.8) is 0 Å². The maximum atomic E-state index is 12.1. The summed E-state index contributed by atoms with van der Waals surface area (Å²) in [6.07, 6.45) is 1.94. The Bertz CT molecular complexity index is 684. The summed E-state index contributed by atoms with van der Waals surface area (Å²) in [5.41, 5.74) is 0.926. The third-order valence-electron chi connectivity index (χ3n) is 2.96. The average Bonchev–Trinajstić information content (AvgIpc) is 2.93. The summed E-state index contributed by atoms with van der Waals surface area (Å²) in [7, 11) is 1.55. The van der Waals surface area contributed by atoms with Crippen molar-refractivity contribution in [2.75, 3.05) is 25.2 Å². The number of carbonyl (C=O) groups excluding carboxylic acids is 2. The molecule has 2 amide bonds. The molecule has 0 radical (unpaired) electrons. The number of thioether (sulfide) groups is 1. The number of carbonyl (C=O) groups is 2. The highest BCUT2D eigenvalue weighted by atomic mass is 32.2. The molecule has 22 heavy (non-hydrogen) atoms. The zero-order valence-electron chi connectivity index (χ0n) is 12.6. The second-order valence-corrected chi connectivity index (χ2v) is 5.58. The van der Waals surface area contributed by atoms with Crippen LogP contribution in [0.1, 0.15) is 16.2 Å². The van der Waals surface area contributed by atoms with E-state index in [4.69, 9.17) is 4.52 Å². The van der Waals surface area contributed by atoms with E-state index in [-0.39, 0.29) is 24.1 Å². The van der Waals surface area contributed by atoms with Crippen LogP contribution in [-0.2, 0) is 4.79 Å². The lowest BCUT2D eigenvalue weighted by Gasteiger charge is -2.16. The monoisotopic (exact) mass is 319 g/mol. The van der Waals surface area contributed by atoms with Crippen molar-refractivity contribution < 1.29 is 14.1 Å². The first-order valence-electron chi connectivity index (χ1n) is 6.63. The minimum Gasteiger partial charge on any atom is -0.361 e. The van der Waals surface area contributed by atoms with Crippen LogP contribution in [0.5, 0.6) is 0 Å². The standard InChI is InChI=1S/C15H17N3O3S/c1-10-8-12(17-21-10)15(20)18(2)9-14(19)16-11-6-4-5-7-13(11)22-3/h4-8H,9H2,1-3H3,(H,16,19). The topological polar surface area (TPSA) is 75.4 Å². The van der Waals surface area contributed by atoms with Crippen molar-refractivity contribution in [1.82, 2.24) is 10.1 Å². The van der Waals surface area contributed by atoms with E-state index in [9.17, 15) is 9.59 Å². The van der Waals surface area contributed by atoms with E-state index in [1.165, 1.54) is 4.90 Å². The number of nitrogens with one attached hydrogen (secondary N) is 1. The molecule has 0 saturated heterocycles. The molecule has 116 valence electrons. The van der Waals surface area contributed by atoms with Crippen LogP contribution in [0, 0.1) is 6.92 Å². The van der Waals surface area contributed by atoms with Crippen molar-refractivity contribution in [3.05, 3.63) is 41.8 Å². The Morgan fingerprint density at radius 3 is 2.73 bits per heavy atom. The first kappa shape index (κ1) is 16.1. The molecule has 1 aromatic heterocycles. The minimum atomic E-state index is -0.356. The lowest BCUT2D eigenvalue weighted by molar-refractivity contribution is -0.116. The quantitative estimate of drug-likeness (QED) is 0.857. The van der Waals surface area contributed by atoms with E-state index in [2.05, 4.69) is 10.5 Å². The van der Waals surface area contributed by atoms with Crippen molar-refractivity contribution >= 4 is 29.3 Å². The number of benzene rings is 1. The Morgan fingerprint density at radius 2 is 2.09 bits per heavy atom. The van der Waals surface area contributed by atoms with Gasteiger partial charge in [0.05, 0.1) is 12.2 Å². The van der Waals surface area contributed by atoms with Crippen LogP contribution in [0.2, 0.25) is 0 Å². The SMILES string of the molecule is CSc1ccccc1NC(=O)CN(C)C(=O)c1cc(C)on1. The normalized spacial score (nSPS) is 10.3. The van der Waals surface area contributed by atoms with Crippen LogP contribution < -0.4 is 5.32 Å². The molecule has 2 rings (SSSR count). The smallest absolute Gasteiger partial charge is 0.276 e. The maximum absolute atomic E-state index is 12.1. The number of anilines is 1. The van der Waals surface area contributed by atoms with Crippen molar-refractivity contribution in [2.24, 2.45) is 0 Å². The largest absolute Gasteiger partial charge is 0.361 e. The maximum Gasteiger partial charge on any atom is 0.276 e. The number of hydrogen-bond acceptors (Lipinski definition) is 5. The van der Waals surface area contributed by atoms with Gasteiger partial charge in [-0.3, -0.25) is 9.59 Å². The molecule has 1 aromatic carbocycles. The minimum absolute atomic E-state index is 0.0620. The predicted octanol–water partition coefficient (Wildman–Crippen LogP) is 2.42. The molecule has 1 N–H and O–H groups in total. The zero-order chi connectivity index (χ0) is 16.1. The molecule has 0 fully saturated rings. The van der Waals surface area contributed by atoms with Gasteiger partial charge in [0.25, 0.3) is 5.91 Å². The third kappa shape index (κ3) is 3.88. The van der Waals surface area contributed by atoms with E-state index < -0.39 is 0 Å². The number of likely N-dealkylation sites (N-methyl/N-ethyl adjacent to an activating group) is 1. The number of para-hydroxylation sites is 1. The molecular weight excluding hydrogens is 302 g/mol. The summed E-state index contributed by atoms with van der Waals surface area (Å²) in [6.45, 7) is 1.64. The van der Waals surface area contributed by atoms with Gasteiger partial charge in [-0.1, -0.05) is 17.3 Å². The molecule has 1 heterocycles. The van der Waals surface area contributed by atoms with Crippen LogP contribution in [0.15, 0.2) is 39.8 Å². The van der Waals surface area contributed by atoms with E-state index in [1.807, 2.05) is 30.5 Å². The van der Waals surface area contributed by atoms with Crippen molar-refractivity contribution in [1.29, 1.82) is 0 Å². The van der Waals surface area contributed by atoms with Crippen molar-refractivity contribution in [3.8, 4) is 0 Å². The molecule has 0 atom stereocenters. The Balaban J connectivity index is 1.98. The van der Waals surface area contributed by atoms with Crippen LogP contribution in [-0.4, -0.2) is 41.7 Å². The molecular formula is C15H17N3O3S. The molecule has 0 unspecified atom stereocenters. The van der Waals surface area contributed by atoms with Gasteiger partial charge in [0, 0.05) is 18.0 Å². The Labute approximate surface area is 132 Å². The fourth-order valence-electron chi connectivity index (χ4n) is 1.89. The summed E-state index contributed by atoms with van der Waals surface area (Å²) in [6, 6.07) is 9.05. The zero-order valence-corrected chi connectivity index (χ0v) is 13.4. The van der Waals surface area contributed by atoms with Gasteiger partial charge in [-0.15, -0.1) is 11.8 Å².